The molecule has 4 heteroatoms. The Morgan fingerprint density at radius 2 is 2.05 bits per heavy atom. The van der Waals surface area contributed by atoms with Gasteiger partial charge in [-0.15, -0.1) is 0 Å². The monoisotopic (exact) mass is 272 g/mol. The minimum absolute atomic E-state index is 0.184. The summed E-state index contributed by atoms with van der Waals surface area (Å²) in [5.74, 6) is 1.51. The summed E-state index contributed by atoms with van der Waals surface area (Å²) in [6.07, 6.45) is 1.94. The van der Waals surface area contributed by atoms with Crippen LogP contribution in [0.3, 0.4) is 0 Å². The maximum atomic E-state index is 5.68. The molecule has 1 N–H and O–H groups in total. The zero-order valence-corrected chi connectivity index (χ0v) is 12.1. The Kier molecular flexibility index (Phi) is 4.82. The van der Waals surface area contributed by atoms with Crippen molar-refractivity contribution in [3.05, 3.63) is 48.2 Å². The van der Waals surface area contributed by atoms with Crippen molar-refractivity contribution >= 4 is 5.69 Å². The molecule has 106 valence electrons. The van der Waals surface area contributed by atoms with Crippen molar-refractivity contribution in [3.63, 3.8) is 0 Å². The second kappa shape index (κ2) is 6.80. The first-order chi connectivity index (χ1) is 9.67. The first-order valence-corrected chi connectivity index (χ1v) is 6.67. The summed E-state index contributed by atoms with van der Waals surface area (Å²) in [6, 6.07) is 11.9. The molecule has 1 aromatic carbocycles. The van der Waals surface area contributed by atoms with E-state index in [-0.39, 0.29) is 6.10 Å². The summed E-state index contributed by atoms with van der Waals surface area (Å²) in [5, 5.41) is 3.32. The average Bonchev–Trinajstić information content (AvgIpc) is 2.45. The molecule has 0 aliphatic carbocycles. The topological polar surface area (TPSA) is 43.4 Å². The number of ether oxygens (including phenoxy) is 2. The third-order valence-corrected chi connectivity index (χ3v) is 2.71. The van der Waals surface area contributed by atoms with E-state index in [2.05, 4.69) is 16.4 Å². The second-order valence-corrected chi connectivity index (χ2v) is 4.76. The van der Waals surface area contributed by atoms with Crippen LogP contribution in [0.2, 0.25) is 0 Å². The van der Waals surface area contributed by atoms with Crippen LogP contribution in [-0.4, -0.2) is 18.2 Å². The zero-order chi connectivity index (χ0) is 14.4. The average molecular weight is 272 g/mol. The molecular weight excluding hydrogens is 252 g/mol. The molecule has 0 saturated carbocycles. The van der Waals surface area contributed by atoms with E-state index in [1.165, 1.54) is 5.56 Å². The molecule has 0 atom stereocenters. The molecule has 0 spiro atoms. The van der Waals surface area contributed by atoms with Crippen LogP contribution in [0.15, 0.2) is 42.6 Å². The van der Waals surface area contributed by atoms with Crippen LogP contribution in [-0.2, 0) is 6.54 Å². The molecule has 4 nitrogen and oxygen atoms in total. The summed E-state index contributed by atoms with van der Waals surface area (Å²) in [6.45, 7) is 4.77. The summed E-state index contributed by atoms with van der Waals surface area (Å²) in [5.41, 5.74) is 2.12. The Morgan fingerprint density at radius 3 is 2.70 bits per heavy atom. The lowest BCUT2D eigenvalue weighted by atomic mass is 10.2. The van der Waals surface area contributed by atoms with Crippen molar-refractivity contribution in [2.24, 2.45) is 0 Å². The van der Waals surface area contributed by atoms with E-state index in [0.717, 1.165) is 18.0 Å². The number of anilines is 1. The Bertz CT molecular complexity index is 538. The molecule has 0 unspecified atom stereocenters. The maximum absolute atomic E-state index is 5.68. The molecular formula is C16H20N2O2. The standard InChI is InChI=1S/C16H20N2O2/c1-12(2)20-15-6-4-5-13(9-15)10-17-14-7-8-16(19-3)18-11-14/h4-9,11-12,17H,10H2,1-3H3. The number of nitrogens with one attached hydrogen (secondary N) is 1. The summed E-state index contributed by atoms with van der Waals surface area (Å²) >= 11 is 0. The van der Waals surface area contributed by atoms with Crippen molar-refractivity contribution in [2.75, 3.05) is 12.4 Å². The van der Waals surface area contributed by atoms with Crippen LogP contribution in [0.5, 0.6) is 11.6 Å². The van der Waals surface area contributed by atoms with Crippen molar-refractivity contribution in [2.45, 2.75) is 26.5 Å². The molecule has 0 aliphatic rings. The third kappa shape index (κ3) is 4.16. The Hall–Kier alpha value is -2.23. The van der Waals surface area contributed by atoms with Gasteiger partial charge in [-0.3, -0.25) is 0 Å². The van der Waals surface area contributed by atoms with E-state index < -0.39 is 0 Å². The Morgan fingerprint density at radius 1 is 1.20 bits per heavy atom. The van der Waals surface area contributed by atoms with Crippen LogP contribution in [0.25, 0.3) is 0 Å². The van der Waals surface area contributed by atoms with Gasteiger partial charge >= 0.3 is 0 Å². The van der Waals surface area contributed by atoms with Gasteiger partial charge in [0.05, 0.1) is 25.1 Å². The zero-order valence-electron chi connectivity index (χ0n) is 12.1. The first-order valence-electron chi connectivity index (χ1n) is 6.67. The van der Waals surface area contributed by atoms with Crippen molar-refractivity contribution < 1.29 is 9.47 Å². The normalized spacial score (nSPS) is 10.4. The second-order valence-electron chi connectivity index (χ2n) is 4.76. The van der Waals surface area contributed by atoms with Crippen LogP contribution in [0.1, 0.15) is 19.4 Å². The van der Waals surface area contributed by atoms with Crippen LogP contribution < -0.4 is 14.8 Å². The fraction of sp³-hybridized carbons (Fsp3) is 0.312. The molecule has 0 aliphatic heterocycles. The lowest BCUT2D eigenvalue weighted by Crippen LogP contribution is -2.06. The molecule has 1 heterocycles. The molecule has 0 radical (unpaired) electrons. The number of benzene rings is 1. The van der Waals surface area contributed by atoms with Gasteiger partial charge in [-0.2, -0.15) is 0 Å². The Labute approximate surface area is 119 Å². The number of methoxy groups -OCH3 is 1. The number of pyridine rings is 1. The van der Waals surface area contributed by atoms with Gasteiger partial charge in [-0.1, -0.05) is 12.1 Å². The highest BCUT2D eigenvalue weighted by Gasteiger charge is 2.00. The molecule has 0 saturated heterocycles. The van der Waals surface area contributed by atoms with Gasteiger partial charge in [0.15, 0.2) is 0 Å². The van der Waals surface area contributed by atoms with Crippen LogP contribution in [0, 0.1) is 0 Å². The highest BCUT2D eigenvalue weighted by Crippen LogP contribution is 2.17. The molecule has 2 rings (SSSR count). The molecule has 1 aromatic heterocycles. The predicted octanol–water partition coefficient (Wildman–Crippen LogP) is 3.49. The smallest absolute Gasteiger partial charge is 0.213 e. The van der Waals surface area contributed by atoms with Crippen molar-refractivity contribution in [1.82, 2.24) is 4.98 Å². The van der Waals surface area contributed by atoms with Gasteiger partial charge in [0.1, 0.15) is 5.75 Å². The van der Waals surface area contributed by atoms with E-state index in [1.807, 2.05) is 44.2 Å². The first kappa shape index (κ1) is 14.2. The molecule has 2 aromatic rings. The van der Waals surface area contributed by atoms with Gasteiger partial charge in [0.2, 0.25) is 5.88 Å². The molecule has 20 heavy (non-hydrogen) atoms. The maximum Gasteiger partial charge on any atom is 0.213 e. The van der Waals surface area contributed by atoms with E-state index in [1.54, 1.807) is 13.3 Å². The van der Waals surface area contributed by atoms with E-state index in [4.69, 9.17) is 9.47 Å². The number of aromatic nitrogens is 1. The number of rotatable bonds is 6. The summed E-state index contributed by atoms with van der Waals surface area (Å²) < 4.78 is 10.7. The fourth-order valence-corrected chi connectivity index (χ4v) is 1.81. The summed E-state index contributed by atoms with van der Waals surface area (Å²) in [7, 11) is 1.61. The van der Waals surface area contributed by atoms with Gasteiger partial charge in [0, 0.05) is 12.6 Å². The molecule has 0 amide bonds. The predicted molar refractivity (Wildman–Crippen MR) is 80.3 cm³/mol. The third-order valence-electron chi connectivity index (χ3n) is 2.71. The largest absolute Gasteiger partial charge is 0.491 e. The lowest BCUT2D eigenvalue weighted by Gasteiger charge is -2.11. The van der Waals surface area contributed by atoms with Crippen LogP contribution >= 0.6 is 0 Å². The lowest BCUT2D eigenvalue weighted by molar-refractivity contribution is 0.242. The molecule has 0 bridgehead atoms. The Balaban J connectivity index is 1.95. The van der Waals surface area contributed by atoms with E-state index >= 15 is 0 Å². The minimum atomic E-state index is 0.184. The van der Waals surface area contributed by atoms with Gasteiger partial charge in [-0.25, -0.2) is 4.98 Å². The fourth-order valence-electron chi connectivity index (χ4n) is 1.81. The van der Waals surface area contributed by atoms with Gasteiger partial charge in [0.25, 0.3) is 0 Å². The number of hydrogen-bond acceptors (Lipinski definition) is 4. The molecule has 0 fully saturated rings. The number of nitrogens with zero attached hydrogens (tertiary/aromatic N) is 1. The number of hydrogen-bond donors (Lipinski definition) is 1. The highest BCUT2D eigenvalue weighted by molar-refractivity contribution is 5.43. The van der Waals surface area contributed by atoms with Gasteiger partial charge in [-0.05, 0) is 37.6 Å². The van der Waals surface area contributed by atoms with Gasteiger partial charge < -0.3 is 14.8 Å². The van der Waals surface area contributed by atoms with Crippen molar-refractivity contribution in [1.29, 1.82) is 0 Å². The quantitative estimate of drug-likeness (QED) is 0.874. The SMILES string of the molecule is COc1ccc(NCc2cccc(OC(C)C)c2)cn1. The van der Waals surface area contributed by atoms with Crippen LogP contribution in [0.4, 0.5) is 5.69 Å². The van der Waals surface area contributed by atoms with E-state index in [0.29, 0.717) is 5.88 Å². The van der Waals surface area contributed by atoms with E-state index in [9.17, 15) is 0 Å². The van der Waals surface area contributed by atoms with Crippen molar-refractivity contribution in [3.8, 4) is 11.6 Å². The minimum Gasteiger partial charge on any atom is -0.491 e. The highest BCUT2D eigenvalue weighted by atomic mass is 16.5. The summed E-state index contributed by atoms with van der Waals surface area (Å²) in [4.78, 5) is 4.16.